The van der Waals surface area contributed by atoms with Gasteiger partial charge in [-0.05, 0) is 44.7 Å². The molecular weight excluding hydrogens is 316 g/mol. The van der Waals surface area contributed by atoms with Gasteiger partial charge in [-0.3, -0.25) is 9.69 Å². The number of hydrogen-bond acceptors (Lipinski definition) is 4. The standard InChI is InChI=1S/C17H21ClN2O3/c1-11-8-15(16(22-4)9-14(11)18)19-17(21)12(2)20(3)10-13-6-5-7-23-13/h5-9,12H,10H2,1-4H3,(H,19,21). The van der Waals surface area contributed by atoms with E-state index in [1.54, 1.807) is 25.5 Å². The van der Waals surface area contributed by atoms with Gasteiger partial charge in [0, 0.05) is 11.1 Å². The molecule has 1 heterocycles. The van der Waals surface area contributed by atoms with Crippen LogP contribution in [0.1, 0.15) is 18.2 Å². The molecule has 0 aliphatic rings. The van der Waals surface area contributed by atoms with Crippen molar-refractivity contribution in [1.82, 2.24) is 4.90 Å². The van der Waals surface area contributed by atoms with Crippen molar-refractivity contribution >= 4 is 23.2 Å². The Bertz CT molecular complexity index is 671. The lowest BCUT2D eigenvalue weighted by Crippen LogP contribution is -2.39. The van der Waals surface area contributed by atoms with Gasteiger partial charge in [0.05, 0.1) is 31.6 Å². The van der Waals surface area contributed by atoms with E-state index in [4.69, 9.17) is 20.8 Å². The van der Waals surface area contributed by atoms with Crippen LogP contribution in [-0.4, -0.2) is 31.0 Å². The van der Waals surface area contributed by atoms with Crippen LogP contribution in [0, 0.1) is 6.92 Å². The van der Waals surface area contributed by atoms with Crippen LogP contribution >= 0.6 is 11.6 Å². The molecule has 2 aromatic rings. The van der Waals surface area contributed by atoms with Crippen molar-refractivity contribution in [2.75, 3.05) is 19.5 Å². The Morgan fingerprint density at radius 1 is 1.48 bits per heavy atom. The summed E-state index contributed by atoms with van der Waals surface area (Å²) in [5.41, 5.74) is 1.48. The summed E-state index contributed by atoms with van der Waals surface area (Å²) in [7, 11) is 3.42. The number of nitrogens with zero attached hydrogens (tertiary/aromatic N) is 1. The zero-order chi connectivity index (χ0) is 17.0. The van der Waals surface area contributed by atoms with Gasteiger partial charge in [0.1, 0.15) is 11.5 Å². The molecule has 23 heavy (non-hydrogen) atoms. The maximum absolute atomic E-state index is 12.5. The fourth-order valence-electron chi connectivity index (χ4n) is 2.15. The molecule has 1 atom stereocenters. The number of furan rings is 1. The molecule has 1 aromatic heterocycles. The van der Waals surface area contributed by atoms with Crippen molar-refractivity contribution in [2.45, 2.75) is 26.4 Å². The quantitative estimate of drug-likeness (QED) is 0.873. The number of benzene rings is 1. The number of halogens is 1. The molecular formula is C17H21ClN2O3. The zero-order valence-electron chi connectivity index (χ0n) is 13.7. The Hall–Kier alpha value is -1.98. The van der Waals surface area contributed by atoms with E-state index in [9.17, 15) is 4.79 Å². The lowest BCUT2D eigenvalue weighted by Gasteiger charge is -2.23. The Morgan fingerprint density at radius 3 is 2.83 bits per heavy atom. The van der Waals surface area contributed by atoms with E-state index in [2.05, 4.69) is 5.32 Å². The average molecular weight is 337 g/mol. The number of hydrogen-bond donors (Lipinski definition) is 1. The van der Waals surface area contributed by atoms with Gasteiger partial charge in [0.25, 0.3) is 0 Å². The number of anilines is 1. The van der Waals surface area contributed by atoms with E-state index >= 15 is 0 Å². The van der Waals surface area contributed by atoms with Crippen molar-refractivity contribution in [3.63, 3.8) is 0 Å². The highest BCUT2D eigenvalue weighted by Gasteiger charge is 2.20. The second-order valence-electron chi connectivity index (χ2n) is 5.46. The van der Waals surface area contributed by atoms with Gasteiger partial charge in [0.15, 0.2) is 0 Å². The minimum atomic E-state index is -0.333. The normalized spacial score (nSPS) is 12.3. The highest BCUT2D eigenvalue weighted by molar-refractivity contribution is 6.31. The van der Waals surface area contributed by atoms with Crippen LogP contribution in [0.15, 0.2) is 34.9 Å². The van der Waals surface area contributed by atoms with Crippen molar-refractivity contribution in [3.05, 3.63) is 46.9 Å². The molecule has 1 aromatic carbocycles. The topological polar surface area (TPSA) is 54.7 Å². The summed E-state index contributed by atoms with van der Waals surface area (Å²) in [5.74, 6) is 1.22. The van der Waals surface area contributed by atoms with Gasteiger partial charge in [0.2, 0.25) is 5.91 Å². The third-order valence-electron chi connectivity index (χ3n) is 3.76. The number of amides is 1. The molecule has 0 radical (unpaired) electrons. The SMILES string of the molecule is COc1cc(Cl)c(C)cc1NC(=O)C(C)N(C)Cc1ccco1. The molecule has 0 aliphatic heterocycles. The Kier molecular flexibility index (Phi) is 5.69. The summed E-state index contributed by atoms with van der Waals surface area (Å²) in [4.78, 5) is 14.4. The highest BCUT2D eigenvalue weighted by Crippen LogP contribution is 2.31. The Labute approximate surface area is 141 Å². The molecule has 0 spiro atoms. The molecule has 1 unspecified atom stereocenters. The molecule has 6 heteroatoms. The van der Waals surface area contributed by atoms with E-state index < -0.39 is 0 Å². The van der Waals surface area contributed by atoms with Crippen molar-refractivity contribution in [3.8, 4) is 5.75 Å². The second-order valence-corrected chi connectivity index (χ2v) is 5.87. The minimum Gasteiger partial charge on any atom is -0.495 e. The van der Waals surface area contributed by atoms with Gasteiger partial charge in [-0.1, -0.05) is 11.6 Å². The summed E-state index contributed by atoms with van der Waals surface area (Å²) >= 11 is 6.08. The molecule has 124 valence electrons. The summed E-state index contributed by atoms with van der Waals surface area (Å²) in [6.07, 6.45) is 1.62. The third kappa shape index (κ3) is 4.27. The van der Waals surface area contributed by atoms with Crippen molar-refractivity contribution in [1.29, 1.82) is 0 Å². The molecule has 1 N–H and O–H groups in total. The van der Waals surface area contributed by atoms with Crippen molar-refractivity contribution in [2.24, 2.45) is 0 Å². The van der Waals surface area contributed by atoms with Crippen molar-refractivity contribution < 1.29 is 13.9 Å². The van der Waals surface area contributed by atoms with Gasteiger partial charge in [-0.25, -0.2) is 0 Å². The number of aryl methyl sites for hydroxylation is 1. The molecule has 5 nitrogen and oxygen atoms in total. The van der Waals surface area contributed by atoms with Crippen LogP contribution < -0.4 is 10.1 Å². The first kappa shape index (κ1) is 17.4. The number of methoxy groups -OCH3 is 1. The zero-order valence-corrected chi connectivity index (χ0v) is 14.5. The van der Waals surface area contributed by atoms with E-state index in [0.29, 0.717) is 23.0 Å². The average Bonchev–Trinajstić information content (AvgIpc) is 3.02. The van der Waals surface area contributed by atoms with Crippen LogP contribution in [0.2, 0.25) is 5.02 Å². The number of ether oxygens (including phenoxy) is 1. The largest absolute Gasteiger partial charge is 0.495 e. The summed E-state index contributed by atoms with van der Waals surface area (Å²) in [6.45, 7) is 4.27. The van der Waals surface area contributed by atoms with Gasteiger partial charge >= 0.3 is 0 Å². The predicted molar refractivity (Wildman–Crippen MR) is 91.0 cm³/mol. The number of rotatable bonds is 6. The molecule has 2 rings (SSSR count). The van der Waals surface area contributed by atoms with E-state index in [-0.39, 0.29) is 11.9 Å². The smallest absolute Gasteiger partial charge is 0.241 e. The number of nitrogens with one attached hydrogen (secondary N) is 1. The lowest BCUT2D eigenvalue weighted by atomic mass is 10.2. The first-order valence-electron chi connectivity index (χ1n) is 7.30. The molecule has 0 saturated carbocycles. The molecule has 1 amide bonds. The minimum absolute atomic E-state index is 0.126. The van der Waals surface area contributed by atoms with Gasteiger partial charge < -0.3 is 14.5 Å². The second kappa shape index (κ2) is 7.53. The number of carbonyl (C=O) groups excluding carboxylic acids is 1. The van der Waals surface area contributed by atoms with Crippen LogP contribution in [0.5, 0.6) is 5.75 Å². The number of carbonyl (C=O) groups is 1. The van der Waals surface area contributed by atoms with Gasteiger partial charge in [-0.15, -0.1) is 0 Å². The van der Waals surface area contributed by atoms with E-state index in [1.165, 1.54) is 0 Å². The monoisotopic (exact) mass is 336 g/mol. The fraction of sp³-hybridized carbons (Fsp3) is 0.353. The van der Waals surface area contributed by atoms with Crippen LogP contribution in [0.4, 0.5) is 5.69 Å². The molecule has 0 fully saturated rings. The molecule has 0 bridgehead atoms. The Balaban J connectivity index is 2.07. The highest BCUT2D eigenvalue weighted by atomic mass is 35.5. The summed E-state index contributed by atoms with van der Waals surface area (Å²) < 4.78 is 10.6. The molecule has 0 aliphatic carbocycles. The van der Waals surface area contributed by atoms with E-state index in [1.807, 2.05) is 37.9 Å². The Morgan fingerprint density at radius 2 is 2.22 bits per heavy atom. The van der Waals surface area contributed by atoms with Crippen LogP contribution in [0.3, 0.4) is 0 Å². The maximum atomic E-state index is 12.5. The fourth-order valence-corrected chi connectivity index (χ4v) is 2.31. The lowest BCUT2D eigenvalue weighted by molar-refractivity contribution is -0.120. The molecule has 0 saturated heterocycles. The third-order valence-corrected chi connectivity index (χ3v) is 4.17. The number of likely N-dealkylation sites (N-methyl/N-ethyl adjacent to an activating group) is 1. The van der Waals surface area contributed by atoms with Crippen LogP contribution in [0.25, 0.3) is 0 Å². The summed E-state index contributed by atoms with van der Waals surface area (Å²) in [6, 6.07) is 6.88. The van der Waals surface area contributed by atoms with Crippen LogP contribution in [-0.2, 0) is 11.3 Å². The maximum Gasteiger partial charge on any atom is 0.241 e. The van der Waals surface area contributed by atoms with Gasteiger partial charge in [-0.2, -0.15) is 0 Å². The predicted octanol–water partition coefficient (Wildman–Crippen LogP) is 3.71. The summed E-state index contributed by atoms with van der Waals surface area (Å²) in [5, 5.41) is 3.49. The first-order chi connectivity index (χ1) is 10.9. The van der Waals surface area contributed by atoms with E-state index in [0.717, 1.165) is 11.3 Å². The first-order valence-corrected chi connectivity index (χ1v) is 7.67.